The standard InChI is InChI=1S/C10H18ClNO/c1-10(2)7-12(4-3-11)9-6-13-5-8(9)10/h8-9H,3-7H2,1-2H3. The van der Waals surface area contributed by atoms with Gasteiger partial charge in [0.05, 0.1) is 13.2 Å². The molecule has 0 aliphatic carbocycles. The number of likely N-dealkylation sites (tertiary alicyclic amines) is 1. The first-order chi connectivity index (χ1) is 6.15. The monoisotopic (exact) mass is 203 g/mol. The maximum absolute atomic E-state index is 5.78. The highest BCUT2D eigenvalue weighted by molar-refractivity contribution is 6.18. The summed E-state index contributed by atoms with van der Waals surface area (Å²) >= 11 is 5.78. The largest absolute Gasteiger partial charge is 0.379 e. The lowest BCUT2D eigenvalue weighted by molar-refractivity contribution is 0.122. The summed E-state index contributed by atoms with van der Waals surface area (Å²) in [5, 5.41) is 0. The normalized spacial score (nSPS) is 38.1. The molecule has 0 aromatic rings. The highest BCUT2D eigenvalue weighted by Crippen LogP contribution is 2.42. The third-order valence-corrected chi connectivity index (χ3v) is 3.67. The lowest BCUT2D eigenvalue weighted by Crippen LogP contribution is -2.34. The van der Waals surface area contributed by atoms with Crippen LogP contribution in [0.1, 0.15) is 13.8 Å². The van der Waals surface area contributed by atoms with Gasteiger partial charge in [-0.1, -0.05) is 13.8 Å². The topological polar surface area (TPSA) is 12.5 Å². The quantitative estimate of drug-likeness (QED) is 0.632. The van der Waals surface area contributed by atoms with Gasteiger partial charge in [0, 0.05) is 30.9 Å². The van der Waals surface area contributed by atoms with E-state index in [9.17, 15) is 0 Å². The van der Waals surface area contributed by atoms with Gasteiger partial charge in [0.15, 0.2) is 0 Å². The lowest BCUT2D eigenvalue weighted by Gasteiger charge is -2.23. The van der Waals surface area contributed by atoms with E-state index in [0.717, 1.165) is 31.6 Å². The summed E-state index contributed by atoms with van der Waals surface area (Å²) in [4.78, 5) is 2.49. The molecule has 2 aliphatic heterocycles. The molecule has 2 aliphatic rings. The van der Waals surface area contributed by atoms with E-state index in [4.69, 9.17) is 16.3 Å². The van der Waals surface area contributed by atoms with Crippen LogP contribution in [0.25, 0.3) is 0 Å². The van der Waals surface area contributed by atoms with Gasteiger partial charge in [-0.15, -0.1) is 11.6 Å². The summed E-state index contributed by atoms with van der Waals surface area (Å²) in [5.41, 5.74) is 0.410. The number of ether oxygens (including phenoxy) is 1. The molecule has 0 N–H and O–H groups in total. The minimum absolute atomic E-state index is 0.410. The van der Waals surface area contributed by atoms with Gasteiger partial charge >= 0.3 is 0 Å². The predicted molar refractivity (Wildman–Crippen MR) is 54.2 cm³/mol. The van der Waals surface area contributed by atoms with Crippen LogP contribution in [0.3, 0.4) is 0 Å². The van der Waals surface area contributed by atoms with Crippen LogP contribution in [0.2, 0.25) is 0 Å². The van der Waals surface area contributed by atoms with Crippen molar-refractivity contribution in [3.05, 3.63) is 0 Å². The van der Waals surface area contributed by atoms with Crippen molar-refractivity contribution in [1.82, 2.24) is 4.90 Å². The van der Waals surface area contributed by atoms with Gasteiger partial charge in [-0.3, -0.25) is 4.90 Å². The van der Waals surface area contributed by atoms with E-state index in [0.29, 0.717) is 11.5 Å². The van der Waals surface area contributed by atoms with E-state index in [1.54, 1.807) is 0 Å². The van der Waals surface area contributed by atoms with Gasteiger partial charge in [-0.2, -0.15) is 0 Å². The fourth-order valence-corrected chi connectivity index (χ4v) is 2.98. The Bertz CT molecular complexity index is 195. The summed E-state index contributed by atoms with van der Waals surface area (Å²) < 4.78 is 5.54. The fourth-order valence-electron chi connectivity index (χ4n) is 2.76. The smallest absolute Gasteiger partial charge is 0.0625 e. The fraction of sp³-hybridized carbons (Fsp3) is 1.00. The van der Waals surface area contributed by atoms with Gasteiger partial charge in [-0.25, -0.2) is 0 Å². The third-order valence-electron chi connectivity index (χ3n) is 3.51. The van der Waals surface area contributed by atoms with Gasteiger partial charge in [0.2, 0.25) is 0 Å². The Morgan fingerprint density at radius 2 is 2.23 bits per heavy atom. The molecule has 2 heterocycles. The second kappa shape index (κ2) is 3.41. The van der Waals surface area contributed by atoms with Gasteiger partial charge in [0.25, 0.3) is 0 Å². The number of hydrogen-bond acceptors (Lipinski definition) is 2. The Kier molecular flexibility index (Phi) is 2.56. The first-order valence-electron chi connectivity index (χ1n) is 5.03. The van der Waals surface area contributed by atoms with Crippen LogP contribution in [0.5, 0.6) is 0 Å². The maximum Gasteiger partial charge on any atom is 0.0625 e. The predicted octanol–water partition coefficient (Wildman–Crippen LogP) is 1.58. The van der Waals surface area contributed by atoms with E-state index in [-0.39, 0.29) is 0 Å². The molecule has 2 fully saturated rings. The summed E-state index contributed by atoms with van der Waals surface area (Å²) in [7, 11) is 0. The highest BCUT2D eigenvalue weighted by atomic mass is 35.5. The molecule has 2 saturated heterocycles. The molecule has 3 heteroatoms. The molecule has 2 rings (SSSR count). The van der Waals surface area contributed by atoms with Crippen LogP contribution in [0.15, 0.2) is 0 Å². The summed E-state index contributed by atoms with van der Waals surface area (Å²) in [5.74, 6) is 1.45. The third kappa shape index (κ3) is 1.60. The number of nitrogens with zero attached hydrogens (tertiary/aromatic N) is 1. The molecule has 0 radical (unpaired) electrons. The molecule has 76 valence electrons. The molecule has 0 amide bonds. The summed E-state index contributed by atoms with van der Waals surface area (Å²) in [6.07, 6.45) is 0. The first kappa shape index (κ1) is 9.75. The zero-order chi connectivity index (χ0) is 9.47. The lowest BCUT2D eigenvalue weighted by atomic mass is 9.80. The molecule has 2 atom stereocenters. The first-order valence-corrected chi connectivity index (χ1v) is 5.56. The van der Waals surface area contributed by atoms with Crippen molar-refractivity contribution in [2.75, 3.05) is 32.2 Å². The molecule has 0 aromatic heterocycles. The zero-order valence-electron chi connectivity index (χ0n) is 8.42. The van der Waals surface area contributed by atoms with Crippen LogP contribution >= 0.6 is 11.6 Å². The van der Waals surface area contributed by atoms with Crippen molar-refractivity contribution in [1.29, 1.82) is 0 Å². The second-order valence-corrected chi connectivity index (χ2v) is 5.24. The maximum atomic E-state index is 5.78. The van der Waals surface area contributed by atoms with Crippen molar-refractivity contribution in [3.63, 3.8) is 0 Å². The van der Waals surface area contributed by atoms with Crippen molar-refractivity contribution < 1.29 is 4.74 Å². The Morgan fingerprint density at radius 3 is 2.92 bits per heavy atom. The molecule has 2 unspecified atom stereocenters. The molecule has 0 aromatic carbocycles. The number of fused-ring (bicyclic) bond motifs is 1. The van der Waals surface area contributed by atoms with E-state index < -0.39 is 0 Å². The molecular formula is C10H18ClNO. The molecule has 0 bridgehead atoms. The zero-order valence-corrected chi connectivity index (χ0v) is 9.18. The number of hydrogen-bond donors (Lipinski definition) is 0. The average molecular weight is 204 g/mol. The van der Waals surface area contributed by atoms with Crippen LogP contribution < -0.4 is 0 Å². The van der Waals surface area contributed by atoms with Crippen LogP contribution in [-0.2, 0) is 4.74 Å². The summed E-state index contributed by atoms with van der Waals surface area (Å²) in [6, 6.07) is 0.633. The molecular weight excluding hydrogens is 186 g/mol. The number of rotatable bonds is 2. The van der Waals surface area contributed by atoms with Gasteiger partial charge < -0.3 is 4.74 Å². The highest BCUT2D eigenvalue weighted by Gasteiger charge is 2.49. The van der Waals surface area contributed by atoms with Crippen LogP contribution in [0, 0.1) is 11.3 Å². The molecule has 13 heavy (non-hydrogen) atoms. The molecule has 0 saturated carbocycles. The molecule has 2 nitrogen and oxygen atoms in total. The van der Waals surface area contributed by atoms with E-state index in [2.05, 4.69) is 18.7 Å². The van der Waals surface area contributed by atoms with Crippen molar-refractivity contribution in [3.8, 4) is 0 Å². The van der Waals surface area contributed by atoms with Gasteiger partial charge in [-0.05, 0) is 5.41 Å². The Morgan fingerprint density at radius 1 is 1.46 bits per heavy atom. The van der Waals surface area contributed by atoms with E-state index >= 15 is 0 Å². The SMILES string of the molecule is CC1(C)CN(CCCl)C2COCC21. The summed E-state index contributed by atoms with van der Waals surface area (Å²) in [6.45, 7) is 8.72. The number of halogens is 1. The Balaban J connectivity index is 2.09. The van der Waals surface area contributed by atoms with Crippen molar-refractivity contribution in [2.45, 2.75) is 19.9 Å². The van der Waals surface area contributed by atoms with E-state index in [1.807, 2.05) is 0 Å². The average Bonchev–Trinajstić information content (AvgIpc) is 2.57. The minimum atomic E-state index is 0.410. The van der Waals surface area contributed by atoms with Crippen LogP contribution in [-0.4, -0.2) is 43.1 Å². The Hall–Kier alpha value is 0.210. The number of alkyl halides is 1. The van der Waals surface area contributed by atoms with Crippen molar-refractivity contribution >= 4 is 11.6 Å². The second-order valence-electron chi connectivity index (χ2n) is 4.86. The van der Waals surface area contributed by atoms with E-state index in [1.165, 1.54) is 6.54 Å². The minimum Gasteiger partial charge on any atom is -0.379 e. The van der Waals surface area contributed by atoms with Crippen molar-refractivity contribution in [2.24, 2.45) is 11.3 Å². The molecule has 0 spiro atoms. The van der Waals surface area contributed by atoms with Crippen LogP contribution in [0.4, 0.5) is 0 Å². The van der Waals surface area contributed by atoms with Gasteiger partial charge in [0.1, 0.15) is 0 Å². The Labute approximate surface area is 85.2 Å².